The lowest BCUT2D eigenvalue weighted by atomic mass is 9.90. The van der Waals surface area contributed by atoms with Gasteiger partial charge in [-0.2, -0.15) is 0 Å². The maximum atomic E-state index is 13.0. The molecule has 0 heterocycles. The zero-order valence-corrected chi connectivity index (χ0v) is 12.5. The smallest absolute Gasteiger partial charge is 0.126 e. The van der Waals surface area contributed by atoms with Gasteiger partial charge in [0.1, 0.15) is 11.6 Å². The fraction of sp³-hybridized carbons (Fsp3) is 0.529. The minimum Gasteiger partial charge on any atom is -0.207 e. The van der Waals surface area contributed by atoms with Crippen LogP contribution < -0.4 is 0 Å². The zero-order valence-electron chi connectivity index (χ0n) is 12.5. The molecule has 108 valence electrons. The Kier molecular flexibility index (Phi) is 13.7. The average molecular weight is 268 g/mol. The summed E-state index contributed by atoms with van der Waals surface area (Å²) < 4.78 is 26.1. The number of rotatable bonds is 5. The van der Waals surface area contributed by atoms with Gasteiger partial charge in [0.2, 0.25) is 0 Å². The van der Waals surface area contributed by atoms with Gasteiger partial charge in [-0.3, -0.25) is 0 Å². The van der Waals surface area contributed by atoms with E-state index in [-0.39, 0.29) is 0 Å². The van der Waals surface area contributed by atoms with E-state index >= 15 is 0 Å². The predicted molar refractivity (Wildman–Crippen MR) is 80.2 cm³/mol. The zero-order chi connectivity index (χ0) is 15.3. The summed E-state index contributed by atoms with van der Waals surface area (Å²) in [6, 6.07) is 3.84. The summed E-state index contributed by atoms with van der Waals surface area (Å²) in [5.74, 6) is -0.644. The van der Waals surface area contributed by atoms with Crippen LogP contribution >= 0.6 is 0 Å². The summed E-state index contributed by atoms with van der Waals surface area (Å²) in [7, 11) is 0. The van der Waals surface area contributed by atoms with Gasteiger partial charge in [0.15, 0.2) is 0 Å². The molecule has 0 aromatic heterocycles. The highest BCUT2D eigenvalue weighted by atomic mass is 19.1. The molecule has 0 bridgehead atoms. The van der Waals surface area contributed by atoms with Crippen LogP contribution in [0.3, 0.4) is 0 Å². The molecule has 1 aromatic rings. The number of hydrogen-bond acceptors (Lipinski definition) is 0. The minimum atomic E-state index is -0.470. The fourth-order valence-electron chi connectivity index (χ4n) is 1.99. The highest BCUT2D eigenvalue weighted by molar-refractivity contribution is 5.21. The monoisotopic (exact) mass is 268 g/mol. The fourth-order valence-corrected chi connectivity index (χ4v) is 1.99. The van der Waals surface area contributed by atoms with Gasteiger partial charge in [0.05, 0.1) is 0 Å². The first-order valence-electron chi connectivity index (χ1n) is 6.96. The van der Waals surface area contributed by atoms with Gasteiger partial charge in [0.25, 0.3) is 0 Å². The second kappa shape index (κ2) is 13.1. The van der Waals surface area contributed by atoms with Crippen LogP contribution in [0.2, 0.25) is 0 Å². The van der Waals surface area contributed by atoms with Crippen molar-refractivity contribution in [2.24, 2.45) is 0 Å². The second-order valence-electron chi connectivity index (χ2n) is 3.98. The molecule has 0 saturated carbocycles. The van der Waals surface area contributed by atoms with Gasteiger partial charge < -0.3 is 0 Å². The molecule has 0 aliphatic heterocycles. The molecule has 0 atom stereocenters. The Hall–Kier alpha value is -1.36. The van der Waals surface area contributed by atoms with Crippen LogP contribution in [0.15, 0.2) is 18.2 Å². The van der Waals surface area contributed by atoms with Crippen LogP contribution in [-0.4, -0.2) is 0 Å². The van der Waals surface area contributed by atoms with Crippen LogP contribution in [0.5, 0.6) is 0 Å². The summed E-state index contributed by atoms with van der Waals surface area (Å²) in [5.41, 5.74) is 0.802. The van der Waals surface area contributed by atoms with Gasteiger partial charge >= 0.3 is 0 Å². The lowest BCUT2D eigenvalue weighted by Gasteiger charge is -2.15. The average Bonchev–Trinajstić information content (AvgIpc) is 2.42. The van der Waals surface area contributed by atoms with Crippen LogP contribution in [0, 0.1) is 24.5 Å². The first kappa shape index (κ1) is 20.0. The lowest BCUT2D eigenvalue weighted by Crippen LogP contribution is -2.00. The normalized spacial score (nSPS) is 9.11. The van der Waals surface area contributed by atoms with Crippen molar-refractivity contribution >= 4 is 0 Å². The quantitative estimate of drug-likeness (QED) is 0.581. The van der Waals surface area contributed by atoms with E-state index in [1.165, 1.54) is 12.1 Å². The van der Waals surface area contributed by atoms with Crippen molar-refractivity contribution in [2.75, 3.05) is 0 Å². The largest absolute Gasteiger partial charge is 0.207 e. The van der Waals surface area contributed by atoms with E-state index in [9.17, 15) is 8.78 Å². The van der Waals surface area contributed by atoms with Crippen LogP contribution in [0.25, 0.3) is 0 Å². The highest BCUT2D eigenvalue weighted by Crippen LogP contribution is 2.27. The molecule has 0 N–H and O–H groups in total. The van der Waals surface area contributed by atoms with Crippen molar-refractivity contribution in [1.29, 1.82) is 0 Å². The number of hydrogen-bond donors (Lipinski definition) is 0. The SMILES string of the molecule is C#C.CC.CCCC(CCC)c1cc(F)cc(F)c1. The Labute approximate surface area is 117 Å². The van der Waals surface area contributed by atoms with Crippen LogP contribution in [0.4, 0.5) is 8.78 Å². The lowest BCUT2D eigenvalue weighted by molar-refractivity contribution is 0.537. The minimum absolute atomic E-state index is 0.296. The van der Waals surface area contributed by atoms with E-state index < -0.39 is 11.6 Å². The van der Waals surface area contributed by atoms with Crippen molar-refractivity contribution in [3.8, 4) is 12.8 Å². The van der Waals surface area contributed by atoms with Gasteiger partial charge in [-0.15, -0.1) is 12.8 Å². The molecule has 0 spiro atoms. The van der Waals surface area contributed by atoms with E-state index in [0.717, 1.165) is 37.3 Å². The van der Waals surface area contributed by atoms with Crippen molar-refractivity contribution in [2.45, 2.75) is 59.3 Å². The Balaban J connectivity index is 0. The van der Waals surface area contributed by atoms with Crippen molar-refractivity contribution in [3.05, 3.63) is 35.4 Å². The first-order valence-corrected chi connectivity index (χ1v) is 6.96. The molecule has 0 fully saturated rings. The second-order valence-corrected chi connectivity index (χ2v) is 3.98. The molecule has 0 aliphatic carbocycles. The Morgan fingerprint density at radius 3 is 1.58 bits per heavy atom. The molecule has 19 heavy (non-hydrogen) atoms. The molecule has 1 aromatic carbocycles. The molecule has 1 rings (SSSR count). The Bertz CT molecular complexity index is 316. The summed E-state index contributed by atoms with van der Waals surface area (Å²) in [6.07, 6.45) is 12.1. The maximum Gasteiger partial charge on any atom is 0.126 e. The van der Waals surface area contributed by atoms with Gasteiger partial charge in [-0.25, -0.2) is 8.78 Å². The molecular weight excluding hydrogens is 242 g/mol. The van der Waals surface area contributed by atoms with Gasteiger partial charge in [0, 0.05) is 6.07 Å². The molecule has 2 heteroatoms. The molecular formula is C17H26F2. The van der Waals surface area contributed by atoms with Crippen LogP contribution in [0.1, 0.15) is 64.9 Å². The van der Waals surface area contributed by atoms with Gasteiger partial charge in [-0.05, 0) is 36.5 Å². The summed E-state index contributed by atoms with van der Waals surface area (Å²) in [4.78, 5) is 0. The molecule has 0 radical (unpaired) electrons. The standard InChI is InChI=1S/C13H18F2.C2H6.C2H2/c1-3-5-10(6-4-2)11-7-12(14)9-13(15)8-11;2*1-2/h7-10H,3-6H2,1-2H3;1-2H3;1-2H. The van der Waals surface area contributed by atoms with E-state index in [2.05, 4.69) is 26.7 Å². The van der Waals surface area contributed by atoms with Crippen molar-refractivity contribution in [1.82, 2.24) is 0 Å². The van der Waals surface area contributed by atoms with Crippen LogP contribution in [-0.2, 0) is 0 Å². The Morgan fingerprint density at radius 1 is 0.895 bits per heavy atom. The molecule has 0 nitrogen and oxygen atoms in total. The molecule has 0 saturated heterocycles. The molecule has 0 aliphatic rings. The topological polar surface area (TPSA) is 0 Å². The molecule has 0 amide bonds. The van der Waals surface area contributed by atoms with E-state index in [0.29, 0.717) is 5.92 Å². The van der Waals surface area contributed by atoms with Gasteiger partial charge in [-0.1, -0.05) is 40.5 Å². The number of benzene rings is 1. The summed E-state index contributed by atoms with van der Waals surface area (Å²) >= 11 is 0. The van der Waals surface area contributed by atoms with E-state index in [4.69, 9.17) is 0 Å². The number of halogens is 2. The third kappa shape index (κ3) is 8.37. The number of terminal acetylenes is 1. The summed E-state index contributed by atoms with van der Waals surface area (Å²) in [6.45, 7) is 8.19. The van der Waals surface area contributed by atoms with Crippen molar-refractivity contribution in [3.63, 3.8) is 0 Å². The third-order valence-electron chi connectivity index (χ3n) is 2.63. The first-order chi connectivity index (χ1) is 9.17. The Morgan fingerprint density at radius 2 is 1.26 bits per heavy atom. The predicted octanol–water partition coefficient (Wildman–Crippen LogP) is 5.92. The molecule has 0 unspecified atom stereocenters. The third-order valence-corrected chi connectivity index (χ3v) is 2.63. The maximum absolute atomic E-state index is 13.0. The van der Waals surface area contributed by atoms with Crippen molar-refractivity contribution < 1.29 is 8.78 Å². The summed E-state index contributed by atoms with van der Waals surface area (Å²) in [5, 5.41) is 0. The van der Waals surface area contributed by atoms with E-state index in [1.807, 2.05) is 13.8 Å². The van der Waals surface area contributed by atoms with E-state index in [1.54, 1.807) is 0 Å². The highest BCUT2D eigenvalue weighted by Gasteiger charge is 2.11.